The Labute approximate surface area is 158 Å². The van der Waals surface area contributed by atoms with Crippen molar-refractivity contribution in [2.45, 2.75) is 45.8 Å². The zero-order valence-electron chi connectivity index (χ0n) is 14.7. The van der Waals surface area contributed by atoms with E-state index in [0.717, 1.165) is 35.0 Å². The molecule has 1 unspecified atom stereocenters. The molecule has 1 heterocycles. The number of aryl methyl sites for hydroxylation is 1. The summed E-state index contributed by atoms with van der Waals surface area (Å²) in [4.78, 5) is 14.8. The smallest absolute Gasteiger partial charge is 0.414 e. The first-order chi connectivity index (χ1) is 12.0. The first-order valence-electron chi connectivity index (χ1n) is 8.83. The van der Waals surface area contributed by atoms with Crippen LogP contribution in [-0.2, 0) is 17.8 Å². The molecule has 0 spiro atoms. The molecule has 1 amide bonds. The molecule has 25 heavy (non-hydrogen) atoms. The lowest BCUT2D eigenvalue weighted by Crippen LogP contribution is -2.44. The van der Waals surface area contributed by atoms with Crippen molar-refractivity contribution >= 4 is 27.7 Å². The molecule has 2 aromatic carbocycles. The van der Waals surface area contributed by atoms with Gasteiger partial charge in [0, 0.05) is 10.5 Å². The van der Waals surface area contributed by atoms with Gasteiger partial charge in [0.25, 0.3) is 0 Å². The third-order valence-corrected chi connectivity index (χ3v) is 5.05. The fraction of sp³-hybridized carbons (Fsp3) is 0.381. The fourth-order valence-corrected chi connectivity index (χ4v) is 3.85. The molecule has 1 aliphatic heterocycles. The molecule has 0 aliphatic carbocycles. The molecule has 0 fully saturated rings. The standard InChI is InChI=1S/C21H24BrNO2/c1-15(2)12-19-10-8-17-13-18(22)9-11-20(17)23(19)21(24)25-14-16-6-4-3-5-7-16/h3-7,9,11,13,15,19H,8,10,12,14H2,1-2H3. The van der Waals surface area contributed by atoms with E-state index in [1.165, 1.54) is 5.56 Å². The van der Waals surface area contributed by atoms with Gasteiger partial charge in [-0.15, -0.1) is 0 Å². The first-order valence-corrected chi connectivity index (χ1v) is 9.62. The molecule has 1 atom stereocenters. The summed E-state index contributed by atoms with van der Waals surface area (Å²) in [6, 6.07) is 16.1. The number of halogens is 1. The average molecular weight is 402 g/mol. The summed E-state index contributed by atoms with van der Waals surface area (Å²) in [6.45, 7) is 4.70. The van der Waals surface area contributed by atoms with Crippen LogP contribution in [0.1, 0.15) is 37.8 Å². The van der Waals surface area contributed by atoms with E-state index in [1.54, 1.807) is 0 Å². The zero-order valence-corrected chi connectivity index (χ0v) is 16.3. The number of ether oxygens (including phenoxy) is 1. The number of amides is 1. The van der Waals surface area contributed by atoms with Gasteiger partial charge in [-0.1, -0.05) is 60.1 Å². The van der Waals surface area contributed by atoms with Crippen LogP contribution in [-0.4, -0.2) is 12.1 Å². The monoisotopic (exact) mass is 401 g/mol. The summed E-state index contributed by atoms with van der Waals surface area (Å²) in [7, 11) is 0. The summed E-state index contributed by atoms with van der Waals surface area (Å²) < 4.78 is 6.69. The van der Waals surface area contributed by atoms with Crippen LogP contribution in [0.3, 0.4) is 0 Å². The van der Waals surface area contributed by atoms with Gasteiger partial charge in [-0.25, -0.2) is 4.79 Å². The Morgan fingerprint density at radius 3 is 2.72 bits per heavy atom. The van der Waals surface area contributed by atoms with Gasteiger partial charge in [0.1, 0.15) is 6.61 Å². The van der Waals surface area contributed by atoms with Crippen molar-refractivity contribution in [1.82, 2.24) is 0 Å². The maximum Gasteiger partial charge on any atom is 0.414 e. The van der Waals surface area contributed by atoms with Gasteiger partial charge in [-0.05, 0) is 54.5 Å². The molecule has 0 saturated heterocycles. The molecule has 0 bridgehead atoms. The minimum atomic E-state index is -0.252. The predicted molar refractivity (Wildman–Crippen MR) is 105 cm³/mol. The minimum absolute atomic E-state index is 0.192. The lowest BCUT2D eigenvalue weighted by molar-refractivity contribution is 0.142. The van der Waals surface area contributed by atoms with E-state index in [4.69, 9.17) is 4.74 Å². The van der Waals surface area contributed by atoms with Gasteiger partial charge in [0.05, 0.1) is 5.69 Å². The number of fused-ring (bicyclic) bond motifs is 1. The summed E-state index contributed by atoms with van der Waals surface area (Å²) in [5, 5.41) is 0. The Balaban J connectivity index is 1.82. The maximum absolute atomic E-state index is 12.9. The van der Waals surface area contributed by atoms with Crippen molar-refractivity contribution in [3.05, 3.63) is 64.1 Å². The molecule has 2 aromatic rings. The summed E-state index contributed by atoms with van der Waals surface area (Å²) in [5.74, 6) is 0.534. The van der Waals surface area contributed by atoms with E-state index in [0.29, 0.717) is 12.5 Å². The molecule has 3 rings (SSSR count). The van der Waals surface area contributed by atoms with Crippen molar-refractivity contribution < 1.29 is 9.53 Å². The van der Waals surface area contributed by atoms with Crippen LogP contribution in [0.4, 0.5) is 10.5 Å². The number of rotatable bonds is 4. The number of carbonyl (C=O) groups is 1. The van der Waals surface area contributed by atoms with E-state index < -0.39 is 0 Å². The highest BCUT2D eigenvalue weighted by Gasteiger charge is 2.32. The minimum Gasteiger partial charge on any atom is -0.444 e. The molecule has 0 N–H and O–H groups in total. The molecule has 132 valence electrons. The van der Waals surface area contributed by atoms with Crippen LogP contribution < -0.4 is 4.90 Å². The second-order valence-corrected chi connectivity index (χ2v) is 7.92. The Bertz CT molecular complexity index is 730. The number of nitrogens with zero attached hydrogens (tertiary/aromatic N) is 1. The Morgan fingerprint density at radius 2 is 2.00 bits per heavy atom. The van der Waals surface area contributed by atoms with E-state index in [1.807, 2.05) is 47.4 Å². The highest BCUT2D eigenvalue weighted by Crippen LogP contribution is 2.35. The van der Waals surface area contributed by atoms with Crippen molar-refractivity contribution in [1.29, 1.82) is 0 Å². The Hall–Kier alpha value is -1.81. The Morgan fingerprint density at radius 1 is 1.24 bits per heavy atom. The third-order valence-electron chi connectivity index (χ3n) is 4.56. The molecular weight excluding hydrogens is 378 g/mol. The van der Waals surface area contributed by atoms with E-state index >= 15 is 0 Å². The summed E-state index contributed by atoms with van der Waals surface area (Å²) in [6.07, 6.45) is 2.70. The second-order valence-electron chi connectivity index (χ2n) is 7.01. The zero-order chi connectivity index (χ0) is 17.8. The number of carbonyl (C=O) groups excluding carboxylic acids is 1. The maximum atomic E-state index is 12.9. The van der Waals surface area contributed by atoms with Crippen molar-refractivity contribution in [3.8, 4) is 0 Å². The molecule has 0 aromatic heterocycles. The van der Waals surface area contributed by atoms with Gasteiger partial charge in [0.15, 0.2) is 0 Å². The van der Waals surface area contributed by atoms with Crippen molar-refractivity contribution in [2.75, 3.05) is 4.90 Å². The largest absolute Gasteiger partial charge is 0.444 e. The van der Waals surface area contributed by atoms with E-state index in [2.05, 4.69) is 35.8 Å². The summed E-state index contributed by atoms with van der Waals surface area (Å²) >= 11 is 3.53. The van der Waals surface area contributed by atoms with Gasteiger partial charge < -0.3 is 4.74 Å². The van der Waals surface area contributed by atoms with E-state index in [9.17, 15) is 4.79 Å². The van der Waals surface area contributed by atoms with Crippen LogP contribution >= 0.6 is 15.9 Å². The second kappa shape index (κ2) is 8.05. The topological polar surface area (TPSA) is 29.5 Å². The molecule has 1 aliphatic rings. The van der Waals surface area contributed by atoms with Crippen molar-refractivity contribution in [3.63, 3.8) is 0 Å². The number of benzene rings is 2. The lowest BCUT2D eigenvalue weighted by Gasteiger charge is -2.37. The number of anilines is 1. The SMILES string of the molecule is CC(C)CC1CCc2cc(Br)ccc2N1C(=O)OCc1ccccc1. The van der Waals surface area contributed by atoms with Gasteiger partial charge in [-0.2, -0.15) is 0 Å². The van der Waals surface area contributed by atoms with Gasteiger partial charge in [-0.3, -0.25) is 4.90 Å². The summed E-state index contributed by atoms with van der Waals surface area (Å²) in [5.41, 5.74) is 3.19. The van der Waals surface area contributed by atoms with Crippen LogP contribution in [0.25, 0.3) is 0 Å². The Kier molecular flexibility index (Phi) is 5.79. The molecule has 3 nitrogen and oxygen atoms in total. The highest BCUT2D eigenvalue weighted by atomic mass is 79.9. The lowest BCUT2D eigenvalue weighted by atomic mass is 9.91. The third kappa shape index (κ3) is 4.43. The van der Waals surface area contributed by atoms with Crippen LogP contribution in [0.2, 0.25) is 0 Å². The van der Waals surface area contributed by atoms with Crippen LogP contribution in [0, 0.1) is 5.92 Å². The van der Waals surface area contributed by atoms with Crippen molar-refractivity contribution in [2.24, 2.45) is 5.92 Å². The predicted octanol–water partition coefficient (Wildman–Crippen LogP) is 5.95. The van der Waals surface area contributed by atoms with Crippen LogP contribution in [0.5, 0.6) is 0 Å². The molecular formula is C21H24BrNO2. The molecule has 4 heteroatoms. The van der Waals surface area contributed by atoms with Gasteiger partial charge in [0.2, 0.25) is 0 Å². The van der Waals surface area contributed by atoms with Crippen LogP contribution in [0.15, 0.2) is 53.0 Å². The number of hydrogen-bond donors (Lipinski definition) is 0. The van der Waals surface area contributed by atoms with E-state index in [-0.39, 0.29) is 12.1 Å². The number of hydrogen-bond acceptors (Lipinski definition) is 2. The molecule has 0 radical (unpaired) electrons. The fourth-order valence-electron chi connectivity index (χ4n) is 3.44. The highest BCUT2D eigenvalue weighted by molar-refractivity contribution is 9.10. The normalized spacial score (nSPS) is 16.6. The first kappa shape index (κ1) is 18.0. The average Bonchev–Trinajstić information content (AvgIpc) is 2.60. The molecule has 0 saturated carbocycles. The van der Waals surface area contributed by atoms with Gasteiger partial charge >= 0.3 is 6.09 Å². The quantitative estimate of drug-likeness (QED) is 0.632.